The molecule has 1 fully saturated rings. The second-order valence-corrected chi connectivity index (χ2v) is 6.79. The number of anilines is 1. The third-order valence-corrected chi connectivity index (χ3v) is 4.93. The zero-order valence-electron chi connectivity index (χ0n) is 15.5. The number of carbonyl (C=O) groups is 1. The summed E-state index contributed by atoms with van der Waals surface area (Å²) in [7, 11) is 0. The minimum absolute atomic E-state index is 0.0830. The molecule has 31 heavy (non-hydrogen) atoms. The van der Waals surface area contributed by atoms with Crippen LogP contribution < -0.4 is 4.90 Å². The van der Waals surface area contributed by atoms with E-state index in [9.17, 15) is 22.4 Å². The molecule has 1 N–H and O–H groups in total. The van der Waals surface area contributed by atoms with Gasteiger partial charge in [-0.1, -0.05) is 16.9 Å². The van der Waals surface area contributed by atoms with Gasteiger partial charge >= 0.3 is 12.4 Å². The van der Waals surface area contributed by atoms with E-state index >= 15 is 0 Å². The molecule has 158 valence electrons. The third-order valence-electron chi connectivity index (χ3n) is 4.93. The van der Waals surface area contributed by atoms with E-state index in [0.29, 0.717) is 16.7 Å². The number of benzene rings is 2. The monoisotopic (exact) mass is 432 g/mol. The predicted octanol–water partition coefficient (Wildman–Crippen LogP) is 4.13. The first-order valence-electron chi connectivity index (χ1n) is 9.00. The smallest absolute Gasteiger partial charge is 0.447 e. The number of fused-ring (bicyclic) bond motifs is 1. The standard InChI is InChI=1S/C19H12F4N6O2/c20-13-5-10(16-7-26-29(27-16)19(21,22)23)1-3-12(13)17-8-31-18(30)28(17)11-2-4-14-15(6-11)25-9-24-14/h1-7,9,17H,8H2,(H,24,25)/t17-/m1/s1. The van der Waals surface area contributed by atoms with E-state index in [2.05, 4.69) is 20.2 Å². The Labute approximate surface area is 171 Å². The van der Waals surface area contributed by atoms with Crippen molar-refractivity contribution in [2.75, 3.05) is 11.5 Å². The van der Waals surface area contributed by atoms with E-state index in [0.717, 1.165) is 12.3 Å². The van der Waals surface area contributed by atoms with Crippen molar-refractivity contribution in [1.29, 1.82) is 0 Å². The zero-order chi connectivity index (χ0) is 21.8. The normalized spacial score (nSPS) is 16.8. The highest BCUT2D eigenvalue weighted by Gasteiger charge is 2.37. The van der Waals surface area contributed by atoms with Gasteiger partial charge < -0.3 is 9.72 Å². The van der Waals surface area contributed by atoms with Crippen LogP contribution in [0.2, 0.25) is 0 Å². The molecule has 5 rings (SSSR count). The fourth-order valence-corrected chi connectivity index (χ4v) is 3.48. The molecule has 12 heteroatoms. The molecule has 0 radical (unpaired) electrons. The molecule has 3 heterocycles. The van der Waals surface area contributed by atoms with E-state index in [1.54, 1.807) is 18.2 Å². The van der Waals surface area contributed by atoms with Crippen molar-refractivity contribution in [2.45, 2.75) is 12.3 Å². The second-order valence-electron chi connectivity index (χ2n) is 6.79. The summed E-state index contributed by atoms with van der Waals surface area (Å²) in [6.07, 6.45) is -2.99. The summed E-state index contributed by atoms with van der Waals surface area (Å²) in [4.78, 5) is 20.3. The lowest BCUT2D eigenvalue weighted by Gasteiger charge is -2.22. The SMILES string of the molecule is O=C1OC[C@H](c2ccc(-c3cnn(C(F)(F)F)n3)cc2F)N1c1ccc2nc[nH]c2c1. The first-order chi connectivity index (χ1) is 14.8. The molecule has 1 saturated heterocycles. The van der Waals surface area contributed by atoms with Crippen molar-refractivity contribution in [3.63, 3.8) is 0 Å². The second kappa shape index (κ2) is 6.79. The molecule has 0 aliphatic carbocycles. The lowest BCUT2D eigenvalue weighted by Crippen LogP contribution is -2.27. The van der Waals surface area contributed by atoms with Gasteiger partial charge in [0, 0.05) is 11.1 Å². The largest absolute Gasteiger partial charge is 0.521 e. The van der Waals surface area contributed by atoms with E-state index < -0.39 is 29.0 Å². The molecule has 0 bridgehead atoms. The molecular weight excluding hydrogens is 420 g/mol. The van der Waals surface area contributed by atoms with Crippen LogP contribution in [0.5, 0.6) is 0 Å². The number of halogens is 4. The molecule has 1 amide bonds. The molecule has 1 aliphatic rings. The summed E-state index contributed by atoms with van der Waals surface area (Å²) in [5.74, 6) is -0.713. The highest BCUT2D eigenvalue weighted by atomic mass is 19.4. The maximum absolute atomic E-state index is 15.0. The Morgan fingerprint density at radius 1 is 1.16 bits per heavy atom. The number of ether oxygens (including phenoxy) is 1. The molecule has 0 saturated carbocycles. The van der Waals surface area contributed by atoms with Crippen LogP contribution in [0.15, 0.2) is 48.9 Å². The van der Waals surface area contributed by atoms with Gasteiger partial charge in [0.15, 0.2) is 0 Å². The summed E-state index contributed by atoms with van der Waals surface area (Å²) < 4.78 is 58.2. The Kier molecular flexibility index (Phi) is 4.17. The number of nitrogens with one attached hydrogen (secondary N) is 1. The lowest BCUT2D eigenvalue weighted by molar-refractivity contribution is -0.221. The zero-order valence-corrected chi connectivity index (χ0v) is 15.5. The number of rotatable bonds is 3. The number of cyclic esters (lactones) is 1. The Balaban J connectivity index is 1.48. The number of amides is 1. The number of aromatic amines is 1. The van der Waals surface area contributed by atoms with Gasteiger partial charge in [-0.05, 0) is 24.3 Å². The number of imidazole rings is 1. The van der Waals surface area contributed by atoms with Crippen molar-refractivity contribution in [3.8, 4) is 11.3 Å². The fraction of sp³-hybridized carbons (Fsp3) is 0.158. The predicted molar refractivity (Wildman–Crippen MR) is 99.4 cm³/mol. The van der Waals surface area contributed by atoms with Gasteiger partial charge in [-0.2, -0.15) is 5.10 Å². The van der Waals surface area contributed by atoms with Crippen molar-refractivity contribution in [1.82, 2.24) is 25.0 Å². The summed E-state index contributed by atoms with van der Waals surface area (Å²) in [6.45, 7) is -0.0830. The number of aromatic nitrogens is 5. The van der Waals surface area contributed by atoms with Crippen molar-refractivity contribution < 1.29 is 27.1 Å². The number of hydrogen-bond donors (Lipinski definition) is 1. The van der Waals surface area contributed by atoms with Gasteiger partial charge in [-0.15, -0.1) is 18.3 Å². The quantitative estimate of drug-likeness (QED) is 0.492. The van der Waals surface area contributed by atoms with E-state index in [1.165, 1.54) is 23.4 Å². The number of H-pyrrole nitrogens is 1. The summed E-state index contributed by atoms with van der Waals surface area (Å²) in [5, 5.41) is 6.49. The maximum Gasteiger partial charge on any atom is 0.521 e. The van der Waals surface area contributed by atoms with Crippen LogP contribution in [0.25, 0.3) is 22.3 Å². The Morgan fingerprint density at radius 2 is 2.00 bits per heavy atom. The van der Waals surface area contributed by atoms with Crippen molar-refractivity contribution >= 4 is 22.8 Å². The molecule has 1 atom stereocenters. The first kappa shape index (κ1) is 19.0. The first-order valence-corrected chi connectivity index (χ1v) is 9.00. The topological polar surface area (TPSA) is 88.9 Å². The molecule has 2 aromatic carbocycles. The van der Waals surface area contributed by atoms with Gasteiger partial charge in [-0.3, -0.25) is 4.90 Å². The van der Waals surface area contributed by atoms with Gasteiger partial charge in [-0.25, -0.2) is 14.2 Å². The number of alkyl halides is 3. The van der Waals surface area contributed by atoms with Gasteiger partial charge in [0.25, 0.3) is 0 Å². The Bertz CT molecular complexity index is 1300. The summed E-state index contributed by atoms with van der Waals surface area (Å²) in [6, 6.07) is 8.20. The van der Waals surface area contributed by atoms with Gasteiger partial charge in [0.2, 0.25) is 0 Å². The Hall–Kier alpha value is -3.96. The highest BCUT2D eigenvalue weighted by Crippen LogP contribution is 2.36. The van der Waals surface area contributed by atoms with Crippen LogP contribution in [0.4, 0.5) is 28.0 Å². The number of hydrogen-bond acceptors (Lipinski definition) is 5. The maximum atomic E-state index is 15.0. The van der Waals surface area contributed by atoms with Crippen molar-refractivity contribution in [2.24, 2.45) is 0 Å². The molecule has 8 nitrogen and oxygen atoms in total. The average Bonchev–Trinajstić information content (AvgIpc) is 3.46. The third kappa shape index (κ3) is 3.25. The Morgan fingerprint density at radius 3 is 2.74 bits per heavy atom. The fourth-order valence-electron chi connectivity index (χ4n) is 3.48. The summed E-state index contributed by atoms with van der Waals surface area (Å²) in [5.41, 5.74) is 2.02. The van der Waals surface area contributed by atoms with Gasteiger partial charge in [0.05, 0.1) is 29.2 Å². The minimum Gasteiger partial charge on any atom is -0.447 e. The minimum atomic E-state index is -4.77. The van der Waals surface area contributed by atoms with Crippen LogP contribution in [-0.2, 0) is 11.0 Å². The molecule has 4 aromatic rings. The van der Waals surface area contributed by atoms with Crippen LogP contribution >= 0.6 is 0 Å². The van der Waals surface area contributed by atoms with E-state index in [4.69, 9.17) is 4.74 Å². The molecule has 1 aliphatic heterocycles. The highest BCUT2D eigenvalue weighted by molar-refractivity contribution is 5.93. The van der Waals surface area contributed by atoms with Crippen molar-refractivity contribution in [3.05, 3.63) is 60.3 Å². The lowest BCUT2D eigenvalue weighted by atomic mass is 10.0. The summed E-state index contributed by atoms with van der Waals surface area (Å²) >= 11 is 0. The molecular formula is C19H12F4N6O2. The van der Waals surface area contributed by atoms with Crippen LogP contribution in [0.3, 0.4) is 0 Å². The van der Waals surface area contributed by atoms with Crippen LogP contribution in [0, 0.1) is 5.82 Å². The molecule has 2 aromatic heterocycles. The molecule has 0 spiro atoms. The van der Waals surface area contributed by atoms with Crippen LogP contribution in [0.1, 0.15) is 11.6 Å². The van der Waals surface area contributed by atoms with Gasteiger partial charge in [0.1, 0.15) is 24.2 Å². The number of nitrogens with zero attached hydrogens (tertiary/aromatic N) is 5. The van der Waals surface area contributed by atoms with Crippen LogP contribution in [-0.4, -0.2) is 37.7 Å². The number of carbonyl (C=O) groups excluding carboxylic acids is 1. The van der Waals surface area contributed by atoms with E-state index in [1.807, 2.05) is 0 Å². The molecule has 0 unspecified atom stereocenters. The van der Waals surface area contributed by atoms with E-state index in [-0.39, 0.29) is 23.4 Å². The average molecular weight is 432 g/mol.